The highest BCUT2D eigenvalue weighted by Crippen LogP contribution is 2.20. The van der Waals surface area contributed by atoms with Gasteiger partial charge >= 0.3 is 0 Å². The molecular formula is C24H23N5O. The molecule has 0 spiro atoms. The van der Waals surface area contributed by atoms with Crippen LogP contribution in [0.4, 0.5) is 11.6 Å². The first-order valence-electron chi connectivity index (χ1n) is 10.0. The molecule has 30 heavy (non-hydrogen) atoms. The highest BCUT2D eigenvalue weighted by molar-refractivity contribution is 5.98. The van der Waals surface area contributed by atoms with E-state index in [1.165, 1.54) is 0 Å². The monoisotopic (exact) mass is 397 g/mol. The summed E-state index contributed by atoms with van der Waals surface area (Å²) in [4.78, 5) is 21.7. The number of fused-ring (bicyclic) bond motifs is 1. The Bertz CT molecular complexity index is 1170. The zero-order chi connectivity index (χ0) is 20.9. The average molecular weight is 397 g/mol. The molecule has 0 fully saturated rings. The topological polar surface area (TPSA) is 80.7 Å². The van der Waals surface area contributed by atoms with Crippen molar-refractivity contribution < 1.29 is 4.79 Å². The number of aromatic nitrogens is 4. The third-order valence-corrected chi connectivity index (χ3v) is 4.94. The summed E-state index contributed by atoms with van der Waals surface area (Å²) in [6, 6.07) is 17.5. The summed E-state index contributed by atoms with van der Waals surface area (Å²) in [6.07, 6.45) is 4.53. The third kappa shape index (κ3) is 4.66. The van der Waals surface area contributed by atoms with Crippen molar-refractivity contribution in [1.29, 1.82) is 0 Å². The number of carbonyl (C=O) groups is 1. The number of Topliss-reactive ketones (excluding diaryl/α,β-unsaturated/α-hetero) is 1. The van der Waals surface area contributed by atoms with E-state index in [0.717, 1.165) is 16.6 Å². The van der Waals surface area contributed by atoms with Crippen LogP contribution in [0.5, 0.6) is 0 Å². The van der Waals surface area contributed by atoms with Crippen LogP contribution in [0.2, 0.25) is 0 Å². The molecule has 0 aliphatic carbocycles. The van der Waals surface area contributed by atoms with Gasteiger partial charge in [-0.2, -0.15) is 5.10 Å². The van der Waals surface area contributed by atoms with Crippen LogP contribution in [-0.4, -0.2) is 25.9 Å². The second-order valence-electron chi connectivity index (χ2n) is 7.52. The Hall–Kier alpha value is -3.67. The molecular weight excluding hydrogens is 374 g/mol. The number of pyridine rings is 2. The SMILES string of the molecule is CC(C)c1cnnc(Nc2ccc3ncc(C(=O)CCc4ccccc4)cc3n2)c1. The van der Waals surface area contributed by atoms with E-state index in [4.69, 9.17) is 0 Å². The summed E-state index contributed by atoms with van der Waals surface area (Å²) in [5.74, 6) is 1.69. The van der Waals surface area contributed by atoms with Crippen molar-refractivity contribution in [1.82, 2.24) is 20.2 Å². The Balaban J connectivity index is 1.52. The number of carbonyl (C=O) groups excluding carboxylic acids is 1. The zero-order valence-electron chi connectivity index (χ0n) is 17.0. The fraction of sp³-hybridized carbons (Fsp3) is 0.208. The highest BCUT2D eigenvalue weighted by atomic mass is 16.1. The first kappa shape index (κ1) is 19.6. The van der Waals surface area contributed by atoms with Crippen molar-refractivity contribution >= 4 is 28.5 Å². The summed E-state index contributed by atoms with van der Waals surface area (Å²) in [7, 11) is 0. The summed E-state index contributed by atoms with van der Waals surface area (Å²) in [5.41, 5.74) is 4.22. The van der Waals surface area contributed by atoms with E-state index in [-0.39, 0.29) is 5.78 Å². The number of rotatable bonds is 7. The molecule has 0 atom stereocenters. The number of hydrogen-bond acceptors (Lipinski definition) is 6. The molecule has 1 aromatic carbocycles. The van der Waals surface area contributed by atoms with E-state index in [1.54, 1.807) is 18.5 Å². The van der Waals surface area contributed by atoms with Gasteiger partial charge in [-0.15, -0.1) is 5.10 Å². The average Bonchev–Trinajstić information content (AvgIpc) is 2.78. The first-order chi connectivity index (χ1) is 14.6. The smallest absolute Gasteiger partial charge is 0.164 e. The fourth-order valence-electron chi connectivity index (χ4n) is 3.17. The van der Waals surface area contributed by atoms with Gasteiger partial charge in [0.05, 0.1) is 17.2 Å². The number of nitrogens with one attached hydrogen (secondary N) is 1. The van der Waals surface area contributed by atoms with Crippen LogP contribution < -0.4 is 5.32 Å². The lowest BCUT2D eigenvalue weighted by Crippen LogP contribution is -2.03. The Morgan fingerprint density at radius 3 is 2.60 bits per heavy atom. The molecule has 0 saturated heterocycles. The van der Waals surface area contributed by atoms with Gasteiger partial charge in [0.25, 0.3) is 0 Å². The van der Waals surface area contributed by atoms with Crippen molar-refractivity contribution in [2.24, 2.45) is 0 Å². The minimum absolute atomic E-state index is 0.0592. The van der Waals surface area contributed by atoms with Crippen molar-refractivity contribution in [2.75, 3.05) is 5.32 Å². The first-order valence-corrected chi connectivity index (χ1v) is 10.0. The van der Waals surface area contributed by atoms with Crippen LogP contribution in [0.3, 0.4) is 0 Å². The molecule has 150 valence electrons. The summed E-state index contributed by atoms with van der Waals surface area (Å²) >= 11 is 0. The molecule has 6 nitrogen and oxygen atoms in total. The Kier molecular flexibility index (Phi) is 5.75. The maximum atomic E-state index is 12.6. The Morgan fingerprint density at radius 1 is 0.967 bits per heavy atom. The van der Waals surface area contributed by atoms with Gasteiger partial charge in [0.2, 0.25) is 0 Å². The Labute approximate surface area is 175 Å². The molecule has 3 aromatic heterocycles. The molecule has 0 aliphatic rings. The lowest BCUT2D eigenvalue weighted by Gasteiger charge is -2.09. The van der Waals surface area contributed by atoms with Gasteiger partial charge in [0, 0.05) is 18.2 Å². The van der Waals surface area contributed by atoms with Crippen molar-refractivity contribution in [3.8, 4) is 0 Å². The molecule has 4 aromatic rings. The number of benzene rings is 1. The van der Waals surface area contributed by atoms with Gasteiger partial charge < -0.3 is 5.32 Å². The molecule has 4 rings (SSSR count). The Morgan fingerprint density at radius 2 is 1.80 bits per heavy atom. The van der Waals surface area contributed by atoms with Crippen LogP contribution >= 0.6 is 0 Å². The molecule has 0 amide bonds. The fourth-order valence-corrected chi connectivity index (χ4v) is 3.17. The standard InChI is InChI=1S/C24H23N5O/c1-16(2)18-13-24(29-26-15-18)28-23-11-9-20-21(27-23)12-19(14-25-20)22(30)10-8-17-6-4-3-5-7-17/h3-7,9,11-16H,8,10H2,1-2H3,(H,27,28,29). The van der Waals surface area contributed by atoms with Gasteiger partial charge in [-0.25, -0.2) is 4.98 Å². The largest absolute Gasteiger partial charge is 0.323 e. The maximum absolute atomic E-state index is 12.6. The van der Waals surface area contributed by atoms with E-state index in [2.05, 4.69) is 39.3 Å². The molecule has 1 N–H and O–H groups in total. The van der Waals surface area contributed by atoms with E-state index in [1.807, 2.05) is 48.5 Å². The minimum Gasteiger partial charge on any atom is -0.323 e. The molecule has 0 bridgehead atoms. The minimum atomic E-state index is 0.0592. The van der Waals surface area contributed by atoms with E-state index < -0.39 is 0 Å². The van der Waals surface area contributed by atoms with Crippen LogP contribution in [-0.2, 0) is 6.42 Å². The second-order valence-corrected chi connectivity index (χ2v) is 7.52. The number of aryl methyl sites for hydroxylation is 1. The third-order valence-electron chi connectivity index (χ3n) is 4.94. The van der Waals surface area contributed by atoms with Gasteiger partial charge in [-0.1, -0.05) is 44.2 Å². The summed E-state index contributed by atoms with van der Waals surface area (Å²) in [5, 5.41) is 11.4. The maximum Gasteiger partial charge on any atom is 0.164 e. The quantitative estimate of drug-likeness (QED) is 0.437. The van der Waals surface area contributed by atoms with Crippen molar-refractivity contribution in [3.63, 3.8) is 0 Å². The molecule has 0 unspecified atom stereocenters. The molecule has 0 radical (unpaired) electrons. The van der Waals surface area contributed by atoms with Crippen LogP contribution in [0.25, 0.3) is 11.0 Å². The van der Waals surface area contributed by atoms with Gasteiger partial charge in [0.15, 0.2) is 11.6 Å². The number of ketones is 1. The number of anilines is 2. The number of hydrogen-bond donors (Lipinski definition) is 1. The zero-order valence-corrected chi connectivity index (χ0v) is 17.0. The van der Waals surface area contributed by atoms with E-state index in [9.17, 15) is 4.79 Å². The lowest BCUT2D eigenvalue weighted by molar-refractivity contribution is 0.0982. The van der Waals surface area contributed by atoms with E-state index in [0.29, 0.717) is 41.5 Å². The van der Waals surface area contributed by atoms with Gasteiger partial charge in [-0.05, 0) is 47.7 Å². The summed E-state index contributed by atoms with van der Waals surface area (Å²) in [6.45, 7) is 4.22. The lowest BCUT2D eigenvalue weighted by atomic mass is 10.0. The van der Waals surface area contributed by atoms with Gasteiger partial charge in [0.1, 0.15) is 5.82 Å². The molecule has 0 aliphatic heterocycles. The van der Waals surface area contributed by atoms with Crippen LogP contribution in [0.1, 0.15) is 47.7 Å². The van der Waals surface area contributed by atoms with Gasteiger partial charge in [-0.3, -0.25) is 9.78 Å². The van der Waals surface area contributed by atoms with Crippen molar-refractivity contribution in [3.05, 3.63) is 83.7 Å². The van der Waals surface area contributed by atoms with Crippen LogP contribution in [0, 0.1) is 0 Å². The molecule has 6 heteroatoms. The van der Waals surface area contributed by atoms with Crippen LogP contribution in [0.15, 0.2) is 67.0 Å². The summed E-state index contributed by atoms with van der Waals surface area (Å²) < 4.78 is 0. The predicted octanol–water partition coefficient (Wildman–Crippen LogP) is 5.10. The normalized spacial score (nSPS) is 11.0. The second kappa shape index (κ2) is 8.78. The molecule has 3 heterocycles. The van der Waals surface area contributed by atoms with Crippen molar-refractivity contribution in [2.45, 2.75) is 32.6 Å². The predicted molar refractivity (Wildman–Crippen MR) is 118 cm³/mol. The highest BCUT2D eigenvalue weighted by Gasteiger charge is 2.10. The molecule has 0 saturated carbocycles. The van der Waals surface area contributed by atoms with E-state index >= 15 is 0 Å². The number of nitrogens with zero attached hydrogens (tertiary/aromatic N) is 4.